The second-order valence-electron chi connectivity index (χ2n) is 8.86. The molecule has 4 aromatic rings. The number of anilines is 2. The Kier molecular flexibility index (Phi) is 8.58. The third-order valence-electron chi connectivity index (χ3n) is 6.34. The SMILES string of the molecule is COc1c(OCCCN2CCOCC2)ccc2c(Nc3ccc(Oc4ccncc4)c(Cl)c3)c(C#N)cnc12. The van der Waals surface area contributed by atoms with Gasteiger partial charge in [0.25, 0.3) is 0 Å². The summed E-state index contributed by atoms with van der Waals surface area (Å²) in [5, 5.41) is 14.3. The van der Waals surface area contributed by atoms with Crippen LogP contribution in [-0.2, 0) is 4.74 Å². The van der Waals surface area contributed by atoms with Crippen molar-refractivity contribution in [2.24, 2.45) is 0 Å². The number of nitrogens with one attached hydrogen (secondary N) is 1. The van der Waals surface area contributed by atoms with Gasteiger partial charge in [0, 0.05) is 49.3 Å². The molecule has 0 saturated carbocycles. The average Bonchev–Trinajstić information content (AvgIpc) is 2.97. The molecule has 0 radical (unpaired) electrons. The van der Waals surface area contributed by atoms with Crippen LogP contribution in [0, 0.1) is 11.3 Å². The van der Waals surface area contributed by atoms with Crippen molar-refractivity contribution in [2.75, 3.05) is 51.9 Å². The molecule has 0 spiro atoms. The molecule has 0 bridgehead atoms. The Labute approximate surface area is 231 Å². The molecule has 39 heavy (non-hydrogen) atoms. The van der Waals surface area contributed by atoms with E-state index in [2.05, 4.69) is 26.3 Å². The minimum Gasteiger partial charge on any atom is -0.491 e. The van der Waals surface area contributed by atoms with Crippen LogP contribution in [-0.4, -0.2) is 61.4 Å². The van der Waals surface area contributed by atoms with Gasteiger partial charge in [-0.2, -0.15) is 5.26 Å². The molecule has 1 N–H and O–H groups in total. The molecule has 0 unspecified atom stereocenters. The zero-order valence-electron chi connectivity index (χ0n) is 21.5. The van der Waals surface area contributed by atoms with E-state index in [1.54, 1.807) is 43.8 Å². The quantitative estimate of drug-likeness (QED) is 0.248. The maximum absolute atomic E-state index is 9.80. The number of ether oxygens (including phenoxy) is 4. The van der Waals surface area contributed by atoms with Gasteiger partial charge in [-0.1, -0.05) is 11.6 Å². The van der Waals surface area contributed by atoms with Gasteiger partial charge in [-0.3, -0.25) is 14.9 Å². The van der Waals surface area contributed by atoms with Gasteiger partial charge in [-0.05, 0) is 48.9 Å². The van der Waals surface area contributed by atoms with E-state index in [1.807, 2.05) is 18.2 Å². The number of nitriles is 1. The van der Waals surface area contributed by atoms with Gasteiger partial charge < -0.3 is 24.3 Å². The first-order chi connectivity index (χ1) is 19.2. The Hall–Kier alpha value is -4.10. The van der Waals surface area contributed by atoms with Crippen LogP contribution >= 0.6 is 11.6 Å². The number of halogens is 1. The van der Waals surface area contributed by atoms with E-state index in [9.17, 15) is 5.26 Å². The predicted octanol–water partition coefficient (Wildman–Crippen LogP) is 5.80. The number of fused-ring (bicyclic) bond motifs is 1. The van der Waals surface area contributed by atoms with Gasteiger partial charge in [0.05, 0.1) is 43.2 Å². The largest absolute Gasteiger partial charge is 0.491 e. The zero-order valence-corrected chi connectivity index (χ0v) is 22.3. The van der Waals surface area contributed by atoms with Crippen molar-refractivity contribution in [3.63, 3.8) is 0 Å². The lowest BCUT2D eigenvalue weighted by molar-refractivity contribution is 0.0357. The van der Waals surface area contributed by atoms with Crippen LogP contribution in [0.4, 0.5) is 11.4 Å². The van der Waals surface area contributed by atoms with Gasteiger partial charge in [0.1, 0.15) is 23.1 Å². The number of morpholine rings is 1. The summed E-state index contributed by atoms with van der Waals surface area (Å²) in [6, 6.07) is 14.8. The molecule has 1 fully saturated rings. The van der Waals surface area contributed by atoms with Crippen molar-refractivity contribution < 1.29 is 18.9 Å². The third kappa shape index (κ3) is 6.32. The number of pyridine rings is 2. The number of methoxy groups -OCH3 is 1. The summed E-state index contributed by atoms with van der Waals surface area (Å²) in [7, 11) is 1.59. The maximum atomic E-state index is 9.80. The topological polar surface area (TPSA) is 102 Å². The zero-order chi connectivity index (χ0) is 27.0. The summed E-state index contributed by atoms with van der Waals surface area (Å²) < 4.78 is 23.0. The van der Waals surface area contributed by atoms with Crippen molar-refractivity contribution in [1.82, 2.24) is 14.9 Å². The van der Waals surface area contributed by atoms with Crippen LogP contribution < -0.4 is 19.5 Å². The summed E-state index contributed by atoms with van der Waals surface area (Å²) in [4.78, 5) is 10.9. The molecule has 2 aromatic heterocycles. The molecule has 200 valence electrons. The van der Waals surface area contributed by atoms with E-state index >= 15 is 0 Å². The van der Waals surface area contributed by atoms with Crippen LogP contribution in [0.25, 0.3) is 10.9 Å². The van der Waals surface area contributed by atoms with E-state index in [0.717, 1.165) is 44.7 Å². The molecule has 5 rings (SSSR count). The van der Waals surface area contributed by atoms with E-state index in [-0.39, 0.29) is 0 Å². The number of hydrogen-bond donors (Lipinski definition) is 1. The van der Waals surface area contributed by atoms with Crippen molar-refractivity contribution in [2.45, 2.75) is 6.42 Å². The molecule has 2 aromatic carbocycles. The van der Waals surface area contributed by atoms with Crippen LogP contribution in [0.5, 0.6) is 23.0 Å². The van der Waals surface area contributed by atoms with Crippen molar-refractivity contribution >= 4 is 33.9 Å². The average molecular weight is 546 g/mol. The predicted molar refractivity (Wildman–Crippen MR) is 149 cm³/mol. The highest BCUT2D eigenvalue weighted by Crippen LogP contribution is 2.40. The van der Waals surface area contributed by atoms with Crippen LogP contribution in [0.2, 0.25) is 5.02 Å². The number of aromatic nitrogens is 2. The summed E-state index contributed by atoms with van der Waals surface area (Å²) >= 11 is 6.51. The van der Waals surface area contributed by atoms with Crippen LogP contribution in [0.3, 0.4) is 0 Å². The molecule has 3 heterocycles. The highest BCUT2D eigenvalue weighted by Gasteiger charge is 2.18. The molecule has 1 saturated heterocycles. The minimum atomic E-state index is 0.386. The van der Waals surface area contributed by atoms with Gasteiger partial charge in [0.2, 0.25) is 0 Å². The monoisotopic (exact) mass is 545 g/mol. The second-order valence-corrected chi connectivity index (χ2v) is 9.27. The molecule has 1 aliphatic rings. The summed E-state index contributed by atoms with van der Waals surface area (Å²) in [6.07, 6.45) is 5.70. The lowest BCUT2D eigenvalue weighted by Crippen LogP contribution is -2.37. The lowest BCUT2D eigenvalue weighted by Gasteiger charge is -2.26. The normalized spacial score (nSPS) is 13.6. The van der Waals surface area contributed by atoms with Crippen LogP contribution in [0.1, 0.15) is 12.0 Å². The summed E-state index contributed by atoms with van der Waals surface area (Å²) in [5.41, 5.74) is 2.26. The Morgan fingerprint density at radius 3 is 2.64 bits per heavy atom. The molecular weight excluding hydrogens is 518 g/mol. The van der Waals surface area contributed by atoms with E-state index in [4.69, 9.17) is 30.5 Å². The molecule has 9 nitrogen and oxygen atoms in total. The highest BCUT2D eigenvalue weighted by atomic mass is 35.5. The van der Waals surface area contributed by atoms with E-state index in [0.29, 0.717) is 57.1 Å². The van der Waals surface area contributed by atoms with Crippen molar-refractivity contribution in [3.8, 4) is 29.1 Å². The molecule has 1 aliphatic heterocycles. The van der Waals surface area contributed by atoms with Crippen LogP contribution in [0.15, 0.2) is 61.1 Å². The number of benzene rings is 2. The summed E-state index contributed by atoms with van der Waals surface area (Å²) in [6.45, 7) is 4.96. The molecular formula is C29H28ClN5O4. The van der Waals surface area contributed by atoms with E-state index in [1.165, 1.54) is 6.20 Å². The fourth-order valence-corrected chi connectivity index (χ4v) is 4.60. The molecule has 10 heteroatoms. The van der Waals surface area contributed by atoms with Gasteiger partial charge in [-0.25, -0.2) is 0 Å². The van der Waals surface area contributed by atoms with Crippen molar-refractivity contribution in [3.05, 3.63) is 71.6 Å². The number of rotatable bonds is 10. The first-order valence-electron chi connectivity index (χ1n) is 12.6. The Bertz CT molecular complexity index is 1470. The van der Waals surface area contributed by atoms with Gasteiger partial charge in [0.15, 0.2) is 11.5 Å². The first-order valence-corrected chi connectivity index (χ1v) is 13.0. The first kappa shape index (κ1) is 26.5. The van der Waals surface area contributed by atoms with E-state index < -0.39 is 0 Å². The fraction of sp³-hybridized carbons (Fsp3) is 0.276. The van der Waals surface area contributed by atoms with Gasteiger partial charge in [-0.15, -0.1) is 0 Å². The smallest absolute Gasteiger partial charge is 0.187 e. The molecule has 0 aliphatic carbocycles. The van der Waals surface area contributed by atoms with Gasteiger partial charge >= 0.3 is 0 Å². The van der Waals surface area contributed by atoms with Crippen molar-refractivity contribution in [1.29, 1.82) is 5.26 Å². The second kappa shape index (κ2) is 12.6. The molecule has 0 atom stereocenters. The third-order valence-corrected chi connectivity index (χ3v) is 6.64. The fourth-order valence-electron chi connectivity index (χ4n) is 4.39. The Morgan fingerprint density at radius 1 is 1.10 bits per heavy atom. The standard InChI is InChI=1S/C29H28ClN5O4/c1-36-29-26(38-14-2-11-35-12-15-37-16-13-35)6-4-23-27(20(18-31)19-33-28(23)29)34-21-3-5-25(24(30)17-21)39-22-7-9-32-10-8-22/h3-10,17,19H,2,11-16H2,1H3,(H,33,34). The number of nitrogens with zero attached hydrogens (tertiary/aromatic N) is 4. The lowest BCUT2D eigenvalue weighted by atomic mass is 10.1. The Balaban J connectivity index is 1.35. The number of hydrogen-bond acceptors (Lipinski definition) is 9. The minimum absolute atomic E-state index is 0.386. The summed E-state index contributed by atoms with van der Waals surface area (Å²) in [5.74, 6) is 2.26. The Morgan fingerprint density at radius 2 is 1.90 bits per heavy atom. The maximum Gasteiger partial charge on any atom is 0.187 e. The molecule has 0 amide bonds. The highest BCUT2D eigenvalue weighted by molar-refractivity contribution is 6.32.